The molecule has 0 aliphatic carbocycles. The number of likely N-dealkylation sites (tertiary alicyclic amines) is 1. The fraction of sp³-hybridized carbons (Fsp3) is 0.292. The number of halogens is 1. The summed E-state index contributed by atoms with van der Waals surface area (Å²) in [7, 11) is 0. The second-order valence-corrected chi connectivity index (χ2v) is 8.23. The molecule has 7 nitrogen and oxygen atoms in total. The van der Waals surface area contributed by atoms with Gasteiger partial charge < -0.3 is 10.2 Å². The Morgan fingerprint density at radius 3 is 2.34 bits per heavy atom. The topological polar surface area (TPSA) is 95.7 Å². The van der Waals surface area contributed by atoms with Crippen LogP contribution in [-0.2, 0) is 16.1 Å². The van der Waals surface area contributed by atoms with E-state index < -0.39 is 11.9 Å². The van der Waals surface area contributed by atoms with Crippen LogP contribution in [0.4, 0.5) is 0 Å². The molecular formula is C24H26ClN3O4. The van der Waals surface area contributed by atoms with E-state index in [2.05, 4.69) is 65.2 Å². The first-order valence-electron chi connectivity index (χ1n) is 10.4. The highest BCUT2D eigenvalue weighted by molar-refractivity contribution is 6.30. The van der Waals surface area contributed by atoms with Crippen LogP contribution in [0.2, 0.25) is 5.02 Å². The Morgan fingerprint density at radius 1 is 1.03 bits per heavy atom. The predicted octanol–water partition coefficient (Wildman–Crippen LogP) is 4.50. The molecule has 0 saturated carbocycles. The van der Waals surface area contributed by atoms with Crippen molar-refractivity contribution in [3.8, 4) is 11.3 Å². The average Bonchev–Trinajstić information content (AvgIpc) is 3.25. The summed E-state index contributed by atoms with van der Waals surface area (Å²) in [6.45, 7) is 5.28. The number of carbonyl (C=O) groups is 2. The smallest absolute Gasteiger partial charge is 0.414 e. The molecule has 0 radical (unpaired) electrons. The molecule has 32 heavy (non-hydrogen) atoms. The van der Waals surface area contributed by atoms with Gasteiger partial charge in [-0.25, -0.2) is 9.59 Å². The van der Waals surface area contributed by atoms with Crippen molar-refractivity contribution < 1.29 is 19.8 Å². The average molecular weight is 456 g/mol. The molecule has 0 atom stereocenters. The van der Waals surface area contributed by atoms with Gasteiger partial charge in [0, 0.05) is 36.4 Å². The van der Waals surface area contributed by atoms with E-state index >= 15 is 0 Å². The maximum absolute atomic E-state index is 9.10. The van der Waals surface area contributed by atoms with E-state index in [-0.39, 0.29) is 0 Å². The summed E-state index contributed by atoms with van der Waals surface area (Å²) >= 11 is 6.10. The fourth-order valence-electron chi connectivity index (χ4n) is 3.74. The molecule has 0 bridgehead atoms. The van der Waals surface area contributed by atoms with Crippen LogP contribution in [0, 0.1) is 6.92 Å². The highest BCUT2D eigenvalue weighted by Crippen LogP contribution is 2.26. The van der Waals surface area contributed by atoms with Crippen LogP contribution in [0.25, 0.3) is 11.3 Å². The lowest BCUT2D eigenvalue weighted by molar-refractivity contribution is -0.159. The van der Waals surface area contributed by atoms with Gasteiger partial charge in [-0.15, -0.1) is 0 Å². The molecular weight excluding hydrogens is 430 g/mol. The third-order valence-corrected chi connectivity index (χ3v) is 5.57. The highest BCUT2D eigenvalue weighted by Gasteiger charge is 2.21. The molecule has 2 aromatic carbocycles. The van der Waals surface area contributed by atoms with Crippen molar-refractivity contribution in [3.63, 3.8) is 0 Å². The number of nitrogens with zero attached hydrogens (tertiary/aromatic N) is 3. The van der Waals surface area contributed by atoms with Crippen molar-refractivity contribution in [2.24, 2.45) is 0 Å². The summed E-state index contributed by atoms with van der Waals surface area (Å²) in [6.07, 6.45) is 4.40. The molecule has 4 rings (SSSR count). The van der Waals surface area contributed by atoms with Gasteiger partial charge >= 0.3 is 11.9 Å². The highest BCUT2D eigenvalue weighted by atomic mass is 35.5. The van der Waals surface area contributed by atoms with Crippen molar-refractivity contribution in [2.75, 3.05) is 13.1 Å². The quantitative estimate of drug-likeness (QED) is 0.562. The standard InChI is InChI=1S/C22H24ClN3.C2H2O4/c1-17-4-2-6-19(14-17)22-10-13-26(24-22)21-8-11-25(12-9-21)16-18-5-3-7-20(23)15-18;3-1(4)2(5)6/h2-7,10,13-15,21H,8-9,11-12,16H2,1H3;(H,3,4)(H,5,6). The first kappa shape index (κ1) is 23.5. The Labute approximate surface area is 191 Å². The molecule has 3 aromatic rings. The lowest BCUT2D eigenvalue weighted by atomic mass is 10.0. The van der Waals surface area contributed by atoms with E-state index in [1.165, 1.54) is 16.7 Å². The van der Waals surface area contributed by atoms with E-state index in [4.69, 9.17) is 36.5 Å². The van der Waals surface area contributed by atoms with Crippen LogP contribution in [0.3, 0.4) is 0 Å². The van der Waals surface area contributed by atoms with Crippen molar-refractivity contribution in [1.82, 2.24) is 14.7 Å². The minimum absolute atomic E-state index is 0.490. The third-order valence-electron chi connectivity index (χ3n) is 5.33. The zero-order valence-electron chi connectivity index (χ0n) is 17.8. The zero-order chi connectivity index (χ0) is 23.1. The van der Waals surface area contributed by atoms with Gasteiger partial charge in [-0.2, -0.15) is 5.10 Å². The van der Waals surface area contributed by atoms with Crippen molar-refractivity contribution in [2.45, 2.75) is 32.4 Å². The van der Waals surface area contributed by atoms with Crippen LogP contribution in [-0.4, -0.2) is 49.9 Å². The Morgan fingerprint density at radius 2 is 1.72 bits per heavy atom. The van der Waals surface area contributed by atoms with Crippen LogP contribution in [0.1, 0.15) is 30.0 Å². The number of piperidine rings is 1. The number of aromatic nitrogens is 2. The number of rotatable bonds is 4. The molecule has 8 heteroatoms. The van der Waals surface area contributed by atoms with Crippen molar-refractivity contribution in [3.05, 3.63) is 76.9 Å². The lowest BCUT2D eigenvalue weighted by Gasteiger charge is -2.32. The van der Waals surface area contributed by atoms with Crippen molar-refractivity contribution >= 4 is 23.5 Å². The number of hydrogen-bond acceptors (Lipinski definition) is 4. The van der Waals surface area contributed by atoms with Gasteiger partial charge in [0.25, 0.3) is 0 Å². The van der Waals surface area contributed by atoms with E-state index in [9.17, 15) is 0 Å². The fourth-order valence-corrected chi connectivity index (χ4v) is 3.95. The molecule has 0 unspecified atom stereocenters. The number of carboxylic acid groups (broad SMARTS) is 2. The van der Waals surface area contributed by atoms with Gasteiger partial charge in [-0.3, -0.25) is 9.58 Å². The number of carboxylic acids is 2. The van der Waals surface area contributed by atoms with Crippen LogP contribution >= 0.6 is 11.6 Å². The maximum atomic E-state index is 9.10. The number of benzene rings is 2. The predicted molar refractivity (Wildman–Crippen MR) is 123 cm³/mol. The normalized spacial score (nSPS) is 14.4. The SMILES string of the molecule is Cc1cccc(-c2ccn(C3CCN(Cc4cccc(Cl)c4)CC3)n2)c1.O=C(O)C(=O)O. The summed E-state index contributed by atoms with van der Waals surface area (Å²) in [4.78, 5) is 20.7. The van der Waals surface area contributed by atoms with E-state index in [1.807, 2.05) is 12.1 Å². The van der Waals surface area contributed by atoms with Crippen LogP contribution in [0.15, 0.2) is 60.8 Å². The largest absolute Gasteiger partial charge is 0.473 e. The summed E-state index contributed by atoms with van der Waals surface area (Å²) < 4.78 is 2.16. The third kappa shape index (κ3) is 6.67. The van der Waals surface area contributed by atoms with Gasteiger partial charge in [0.2, 0.25) is 0 Å². The van der Waals surface area contributed by atoms with Gasteiger partial charge in [0.05, 0.1) is 11.7 Å². The molecule has 1 aliphatic rings. The maximum Gasteiger partial charge on any atom is 0.414 e. The molecule has 1 aliphatic heterocycles. The van der Waals surface area contributed by atoms with Gasteiger partial charge in [-0.1, -0.05) is 47.5 Å². The summed E-state index contributed by atoms with van der Waals surface area (Å²) in [5, 5.41) is 20.4. The van der Waals surface area contributed by atoms with Gasteiger partial charge in [0.1, 0.15) is 0 Å². The first-order chi connectivity index (χ1) is 15.3. The van der Waals surface area contributed by atoms with Crippen LogP contribution < -0.4 is 0 Å². The van der Waals surface area contributed by atoms with Crippen LogP contribution in [0.5, 0.6) is 0 Å². The molecule has 168 valence electrons. The second kappa shape index (κ2) is 10.9. The summed E-state index contributed by atoms with van der Waals surface area (Å²) in [5.41, 5.74) is 4.82. The first-order valence-corrected chi connectivity index (χ1v) is 10.7. The minimum atomic E-state index is -1.82. The van der Waals surface area contributed by atoms with E-state index in [1.54, 1.807) is 0 Å². The monoisotopic (exact) mass is 455 g/mol. The Hall–Kier alpha value is -3.16. The number of aryl methyl sites for hydroxylation is 1. The van der Waals surface area contributed by atoms with E-state index in [0.717, 1.165) is 43.2 Å². The summed E-state index contributed by atoms with van der Waals surface area (Å²) in [6, 6.07) is 19.3. The molecule has 2 heterocycles. The molecule has 1 aromatic heterocycles. The number of aliphatic carboxylic acids is 2. The van der Waals surface area contributed by atoms with E-state index in [0.29, 0.717) is 6.04 Å². The summed E-state index contributed by atoms with van der Waals surface area (Å²) in [5.74, 6) is -3.65. The van der Waals surface area contributed by atoms with Gasteiger partial charge in [0.15, 0.2) is 0 Å². The lowest BCUT2D eigenvalue weighted by Crippen LogP contribution is -2.34. The minimum Gasteiger partial charge on any atom is -0.473 e. The molecule has 1 fully saturated rings. The second-order valence-electron chi connectivity index (χ2n) is 7.80. The Kier molecular flexibility index (Phi) is 8.03. The Balaban J connectivity index is 0.000000427. The number of hydrogen-bond donors (Lipinski definition) is 2. The molecule has 0 amide bonds. The van der Waals surface area contributed by atoms with Crippen molar-refractivity contribution in [1.29, 1.82) is 0 Å². The molecule has 0 spiro atoms. The van der Waals surface area contributed by atoms with Gasteiger partial charge in [-0.05, 0) is 49.6 Å². The molecule has 1 saturated heterocycles. The zero-order valence-corrected chi connectivity index (χ0v) is 18.6. The Bertz CT molecular complexity index is 1060. The molecule has 2 N–H and O–H groups in total.